The van der Waals surface area contributed by atoms with Crippen LogP contribution in [-0.2, 0) is 11.2 Å². The van der Waals surface area contributed by atoms with Gasteiger partial charge in [-0.25, -0.2) is 23.4 Å². The number of aromatic nitrogens is 4. The Kier molecular flexibility index (Phi) is 8.72. The molecular weight excluding hydrogens is 566 g/mol. The number of carbonyl (C=O) groups is 1. The van der Waals surface area contributed by atoms with E-state index in [1.54, 1.807) is 6.07 Å². The normalized spacial score (nSPS) is 19.7. The molecule has 4 aromatic rings. The largest absolute Gasteiger partial charge is 0.495 e. The Morgan fingerprint density at radius 2 is 1.75 bits per heavy atom. The van der Waals surface area contributed by atoms with Crippen molar-refractivity contribution in [1.29, 1.82) is 0 Å². The summed E-state index contributed by atoms with van der Waals surface area (Å²) in [5.74, 6) is -1.31. The van der Waals surface area contributed by atoms with Crippen LogP contribution in [0, 0.1) is 11.6 Å². The zero-order valence-corrected chi connectivity index (χ0v) is 25.1. The predicted molar refractivity (Wildman–Crippen MR) is 165 cm³/mol. The van der Waals surface area contributed by atoms with Gasteiger partial charge >= 0.3 is 0 Å². The van der Waals surface area contributed by atoms with Crippen molar-refractivity contribution in [2.45, 2.75) is 50.6 Å². The zero-order valence-electron chi connectivity index (χ0n) is 25.1. The summed E-state index contributed by atoms with van der Waals surface area (Å²) in [5, 5.41) is 8.60. The van der Waals surface area contributed by atoms with Gasteiger partial charge < -0.3 is 20.7 Å². The van der Waals surface area contributed by atoms with Crippen molar-refractivity contribution < 1.29 is 18.3 Å². The third kappa shape index (κ3) is 6.22. The number of fused-ring (bicyclic) bond motifs is 1. The maximum absolute atomic E-state index is 13.5. The number of methoxy groups -OCH3 is 1. The topological polar surface area (TPSA) is 114 Å². The van der Waals surface area contributed by atoms with Gasteiger partial charge in [0.1, 0.15) is 23.6 Å². The van der Waals surface area contributed by atoms with E-state index in [1.165, 1.54) is 19.5 Å². The lowest BCUT2D eigenvalue weighted by Crippen LogP contribution is -2.49. The molecule has 0 radical (unpaired) electrons. The summed E-state index contributed by atoms with van der Waals surface area (Å²) in [6.07, 6.45) is 6.09. The zero-order chi connectivity index (χ0) is 30.8. The van der Waals surface area contributed by atoms with Gasteiger partial charge in [-0.15, -0.1) is 0 Å². The summed E-state index contributed by atoms with van der Waals surface area (Å²) in [5.41, 5.74) is 9.55. The number of halogens is 2. The molecule has 10 nitrogen and oxygen atoms in total. The molecule has 12 heteroatoms. The summed E-state index contributed by atoms with van der Waals surface area (Å²) in [6.45, 7) is 4.48. The highest BCUT2D eigenvalue weighted by Gasteiger charge is 2.31. The fourth-order valence-corrected chi connectivity index (χ4v) is 6.41. The van der Waals surface area contributed by atoms with Gasteiger partial charge in [0.05, 0.1) is 24.2 Å². The lowest BCUT2D eigenvalue weighted by Gasteiger charge is -2.41. The van der Waals surface area contributed by atoms with Crippen molar-refractivity contribution in [3.8, 4) is 17.0 Å². The lowest BCUT2D eigenvalue weighted by atomic mass is 9.90. The standard InChI is InChI=1S/C32H38F2N8O2/c1-40-13-15-41(16-14-40)22-6-8-23(9-7-22)42-32-29(31(35)36-19-37-32)30(39-42)21-5-11-26(27(18-21)44-2)38-28(43)12-4-20-3-10-24(33)25(34)17-20/h3,5,10-11,17-19,22-23H,4,6-9,12-16H2,1-2H3,(H,38,43)(H2,35,36,37). The molecule has 1 amide bonds. The molecule has 6 rings (SSSR count). The smallest absolute Gasteiger partial charge is 0.224 e. The third-order valence-electron chi connectivity index (χ3n) is 8.96. The fourth-order valence-electron chi connectivity index (χ4n) is 6.41. The van der Waals surface area contributed by atoms with Crippen LogP contribution in [0.3, 0.4) is 0 Å². The molecule has 44 heavy (non-hydrogen) atoms. The molecule has 1 aliphatic carbocycles. The van der Waals surface area contributed by atoms with Crippen LogP contribution in [0.15, 0.2) is 42.7 Å². The van der Waals surface area contributed by atoms with Gasteiger partial charge in [0, 0.05) is 44.2 Å². The number of amides is 1. The van der Waals surface area contributed by atoms with Gasteiger partial charge in [0.15, 0.2) is 17.3 Å². The summed E-state index contributed by atoms with van der Waals surface area (Å²) < 4.78 is 34.4. The van der Waals surface area contributed by atoms with Crippen molar-refractivity contribution in [3.63, 3.8) is 0 Å². The van der Waals surface area contributed by atoms with Crippen LogP contribution in [0.2, 0.25) is 0 Å². The number of nitrogens with zero attached hydrogens (tertiary/aromatic N) is 6. The highest BCUT2D eigenvalue weighted by Crippen LogP contribution is 2.39. The summed E-state index contributed by atoms with van der Waals surface area (Å²) >= 11 is 0. The number of aryl methyl sites for hydroxylation is 1. The number of anilines is 2. The molecule has 2 fully saturated rings. The molecule has 1 saturated heterocycles. The van der Waals surface area contributed by atoms with E-state index in [2.05, 4.69) is 32.1 Å². The molecule has 0 unspecified atom stereocenters. The van der Waals surface area contributed by atoms with Crippen LogP contribution in [-0.4, -0.2) is 81.8 Å². The first-order chi connectivity index (χ1) is 21.3. The quantitative estimate of drug-likeness (QED) is 0.299. The Morgan fingerprint density at radius 1 is 1.00 bits per heavy atom. The van der Waals surface area contributed by atoms with E-state index in [0.29, 0.717) is 45.6 Å². The van der Waals surface area contributed by atoms with Gasteiger partial charge in [-0.1, -0.05) is 12.1 Å². The second kappa shape index (κ2) is 12.8. The van der Waals surface area contributed by atoms with Crippen molar-refractivity contribution in [1.82, 2.24) is 29.5 Å². The number of piperazine rings is 1. The van der Waals surface area contributed by atoms with Crippen LogP contribution < -0.4 is 15.8 Å². The van der Waals surface area contributed by atoms with E-state index < -0.39 is 11.6 Å². The number of nitrogens with one attached hydrogen (secondary N) is 1. The molecule has 1 aliphatic heterocycles. The van der Waals surface area contributed by atoms with Crippen LogP contribution in [0.25, 0.3) is 22.3 Å². The van der Waals surface area contributed by atoms with Gasteiger partial charge in [-0.05, 0) is 69.0 Å². The van der Waals surface area contributed by atoms with Crippen molar-refractivity contribution in [3.05, 3.63) is 59.9 Å². The van der Waals surface area contributed by atoms with E-state index in [9.17, 15) is 13.6 Å². The predicted octanol–water partition coefficient (Wildman–Crippen LogP) is 4.66. The maximum atomic E-state index is 13.5. The second-order valence-electron chi connectivity index (χ2n) is 11.8. The summed E-state index contributed by atoms with van der Waals surface area (Å²) in [6, 6.07) is 9.88. The minimum Gasteiger partial charge on any atom is -0.495 e. The molecule has 3 N–H and O–H groups in total. The number of hydrogen-bond acceptors (Lipinski definition) is 8. The van der Waals surface area contributed by atoms with E-state index >= 15 is 0 Å². The number of ether oxygens (including phenoxy) is 1. The molecule has 0 atom stereocenters. The lowest BCUT2D eigenvalue weighted by molar-refractivity contribution is -0.116. The van der Waals surface area contributed by atoms with E-state index in [0.717, 1.165) is 69.6 Å². The van der Waals surface area contributed by atoms with Gasteiger partial charge in [0.2, 0.25) is 5.91 Å². The first-order valence-corrected chi connectivity index (χ1v) is 15.1. The van der Waals surface area contributed by atoms with Crippen molar-refractivity contribution in [2.24, 2.45) is 0 Å². The van der Waals surface area contributed by atoms with Gasteiger partial charge in [-0.2, -0.15) is 5.10 Å². The Bertz CT molecular complexity index is 1650. The molecule has 0 spiro atoms. The molecule has 3 heterocycles. The van der Waals surface area contributed by atoms with Crippen molar-refractivity contribution in [2.75, 3.05) is 51.4 Å². The second-order valence-corrected chi connectivity index (χ2v) is 11.8. The van der Waals surface area contributed by atoms with Crippen LogP contribution >= 0.6 is 0 Å². The van der Waals surface area contributed by atoms with Gasteiger partial charge in [-0.3, -0.25) is 9.69 Å². The molecular formula is C32H38F2N8O2. The molecule has 0 bridgehead atoms. The molecule has 2 aromatic carbocycles. The highest BCUT2D eigenvalue weighted by molar-refractivity contribution is 5.99. The molecule has 1 saturated carbocycles. The van der Waals surface area contributed by atoms with E-state index in [1.807, 2.05) is 16.8 Å². The van der Waals surface area contributed by atoms with Crippen molar-refractivity contribution >= 4 is 28.4 Å². The number of carbonyl (C=O) groups excluding carboxylic acids is 1. The van der Waals surface area contributed by atoms with E-state index in [-0.39, 0.29) is 24.8 Å². The van der Waals surface area contributed by atoms with Crippen LogP contribution in [0.1, 0.15) is 43.7 Å². The molecule has 2 aliphatic rings. The van der Waals surface area contributed by atoms with E-state index in [4.69, 9.17) is 15.6 Å². The highest BCUT2D eigenvalue weighted by atomic mass is 19.2. The Morgan fingerprint density at radius 3 is 2.48 bits per heavy atom. The first kappa shape index (κ1) is 29.9. The number of rotatable bonds is 8. The average molecular weight is 605 g/mol. The number of hydrogen-bond donors (Lipinski definition) is 2. The monoisotopic (exact) mass is 604 g/mol. The number of likely N-dealkylation sites (N-methyl/N-ethyl adjacent to an activating group) is 1. The summed E-state index contributed by atoms with van der Waals surface area (Å²) in [4.78, 5) is 26.6. The molecule has 2 aromatic heterocycles. The SMILES string of the molecule is COc1cc(-c2nn(C3CCC(N4CCN(C)CC4)CC3)c3ncnc(N)c23)ccc1NC(=O)CCc1ccc(F)c(F)c1. The Labute approximate surface area is 255 Å². The average Bonchev–Trinajstić information content (AvgIpc) is 3.43. The van der Waals surface area contributed by atoms with Crippen LogP contribution in [0.4, 0.5) is 20.3 Å². The number of benzene rings is 2. The molecule has 232 valence electrons. The number of nitrogen functional groups attached to an aromatic ring is 1. The van der Waals surface area contributed by atoms with Gasteiger partial charge in [0.25, 0.3) is 0 Å². The fraction of sp³-hybridized carbons (Fsp3) is 0.438. The minimum atomic E-state index is -0.931. The Balaban J connectivity index is 1.19. The maximum Gasteiger partial charge on any atom is 0.224 e. The third-order valence-corrected chi connectivity index (χ3v) is 8.96. The summed E-state index contributed by atoms with van der Waals surface area (Å²) in [7, 11) is 3.71. The Hall–Kier alpha value is -4.16. The van der Waals surface area contributed by atoms with Crippen LogP contribution in [0.5, 0.6) is 5.75 Å². The number of nitrogens with two attached hydrogens (primary N) is 1. The minimum absolute atomic E-state index is 0.0932. The first-order valence-electron chi connectivity index (χ1n) is 15.1.